The van der Waals surface area contributed by atoms with Crippen molar-refractivity contribution in [2.24, 2.45) is 5.73 Å². The second kappa shape index (κ2) is 4.26. The smallest absolute Gasteiger partial charge is 0.168 e. The van der Waals surface area contributed by atoms with Gasteiger partial charge in [0.15, 0.2) is 5.11 Å². The SMILES string of the molecule is Cc1cc(Br)c(Cl)cc1NC(N)=S. The van der Waals surface area contributed by atoms with Crippen molar-refractivity contribution in [1.82, 2.24) is 0 Å². The largest absolute Gasteiger partial charge is 0.376 e. The average molecular weight is 280 g/mol. The van der Waals surface area contributed by atoms with Gasteiger partial charge in [0, 0.05) is 10.2 Å². The molecule has 0 amide bonds. The Morgan fingerprint density at radius 1 is 1.62 bits per heavy atom. The van der Waals surface area contributed by atoms with Crippen molar-refractivity contribution in [3.05, 3.63) is 27.2 Å². The highest BCUT2D eigenvalue weighted by Gasteiger charge is 2.03. The number of halogens is 2. The van der Waals surface area contributed by atoms with Crippen molar-refractivity contribution < 1.29 is 0 Å². The third-order valence-electron chi connectivity index (χ3n) is 1.53. The molecule has 0 atom stereocenters. The molecule has 13 heavy (non-hydrogen) atoms. The summed E-state index contributed by atoms with van der Waals surface area (Å²) in [4.78, 5) is 0. The van der Waals surface area contributed by atoms with Gasteiger partial charge < -0.3 is 11.1 Å². The number of rotatable bonds is 1. The van der Waals surface area contributed by atoms with Gasteiger partial charge in [-0.3, -0.25) is 0 Å². The van der Waals surface area contributed by atoms with Crippen molar-refractivity contribution in [3.8, 4) is 0 Å². The van der Waals surface area contributed by atoms with Gasteiger partial charge in [0.2, 0.25) is 0 Å². The molecule has 0 radical (unpaired) electrons. The van der Waals surface area contributed by atoms with Crippen molar-refractivity contribution in [3.63, 3.8) is 0 Å². The molecule has 3 N–H and O–H groups in total. The highest BCUT2D eigenvalue weighted by molar-refractivity contribution is 9.10. The van der Waals surface area contributed by atoms with Gasteiger partial charge in [-0.25, -0.2) is 0 Å². The summed E-state index contributed by atoms with van der Waals surface area (Å²) in [5.41, 5.74) is 7.21. The number of thiocarbonyl (C=S) groups is 1. The number of nitrogens with one attached hydrogen (secondary N) is 1. The second-order valence-corrected chi connectivity index (χ2v) is 4.27. The molecule has 2 nitrogen and oxygen atoms in total. The van der Waals surface area contributed by atoms with Crippen LogP contribution in [-0.2, 0) is 0 Å². The van der Waals surface area contributed by atoms with E-state index in [2.05, 4.69) is 21.2 Å². The topological polar surface area (TPSA) is 38.0 Å². The molecule has 1 rings (SSSR count). The summed E-state index contributed by atoms with van der Waals surface area (Å²) in [6.45, 7) is 1.95. The Hall–Kier alpha value is -0.320. The van der Waals surface area contributed by atoms with Crippen LogP contribution in [0.25, 0.3) is 0 Å². The lowest BCUT2D eigenvalue weighted by Crippen LogP contribution is -2.19. The van der Waals surface area contributed by atoms with Gasteiger partial charge in [-0.15, -0.1) is 0 Å². The summed E-state index contributed by atoms with van der Waals surface area (Å²) in [7, 11) is 0. The lowest BCUT2D eigenvalue weighted by Gasteiger charge is -2.08. The molecular formula is C8H8BrClN2S. The van der Waals surface area contributed by atoms with Gasteiger partial charge in [0.1, 0.15) is 0 Å². The van der Waals surface area contributed by atoms with Crippen LogP contribution in [-0.4, -0.2) is 5.11 Å². The maximum Gasteiger partial charge on any atom is 0.168 e. The molecule has 0 bridgehead atoms. The van der Waals surface area contributed by atoms with E-state index >= 15 is 0 Å². The number of anilines is 1. The highest BCUT2D eigenvalue weighted by Crippen LogP contribution is 2.28. The first kappa shape index (κ1) is 10.8. The fourth-order valence-electron chi connectivity index (χ4n) is 0.914. The van der Waals surface area contributed by atoms with E-state index in [4.69, 9.17) is 29.6 Å². The van der Waals surface area contributed by atoms with E-state index in [1.54, 1.807) is 6.07 Å². The van der Waals surface area contributed by atoms with Crippen LogP contribution in [0.5, 0.6) is 0 Å². The van der Waals surface area contributed by atoms with Gasteiger partial charge in [0.05, 0.1) is 5.02 Å². The Bertz CT molecular complexity index is 354. The third-order valence-corrected chi connectivity index (χ3v) is 2.82. The zero-order valence-electron chi connectivity index (χ0n) is 6.90. The van der Waals surface area contributed by atoms with Crippen molar-refractivity contribution in [2.45, 2.75) is 6.92 Å². The number of hydrogen-bond donors (Lipinski definition) is 2. The van der Waals surface area contributed by atoms with E-state index in [9.17, 15) is 0 Å². The average Bonchev–Trinajstić information content (AvgIpc) is 1.99. The molecule has 0 unspecified atom stereocenters. The fourth-order valence-corrected chi connectivity index (χ4v) is 1.65. The molecule has 0 heterocycles. The zero-order chi connectivity index (χ0) is 10.0. The van der Waals surface area contributed by atoms with E-state index in [-0.39, 0.29) is 5.11 Å². The van der Waals surface area contributed by atoms with Gasteiger partial charge in [-0.2, -0.15) is 0 Å². The maximum absolute atomic E-state index is 5.90. The van der Waals surface area contributed by atoms with Crippen LogP contribution in [0.2, 0.25) is 5.02 Å². The predicted molar refractivity (Wildman–Crippen MR) is 64.3 cm³/mol. The molecule has 5 heteroatoms. The molecule has 0 aliphatic heterocycles. The van der Waals surface area contributed by atoms with Crippen molar-refractivity contribution >= 4 is 50.5 Å². The van der Waals surface area contributed by atoms with Crippen LogP contribution in [0.3, 0.4) is 0 Å². The van der Waals surface area contributed by atoms with Gasteiger partial charge in [0.25, 0.3) is 0 Å². The zero-order valence-corrected chi connectivity index (χ0v) is 10.1. The van der Waals surface area contributed by atoms with Crippen molar-refractivity contribution in [2.75, 3.05) is 5.32 Å². The lowest BCUT2D eigenvalue weighted by molar-refractivity contribution is 1.43. The van der Waals surface area contributed by atoms with Crippen LogP contribution in [0.1, 0.15) is 5.56 Å². The first-order valence-electron chi connectivity index (χ1n) is 3.53. The third kappa shape index (κ3) is 2.83. The summed E-state index contributed by atoms with van der Waals surface area (Å²) >= 11 is 13.9. The molecule has 0 saturated carbocycles. The minimum absolute atomic E-state index is 0.237. The first-order chi connectivity index (χ1) is 6.00. The van der Waals surface area contributed by atoms with Crippen LogP contribution >= 0.6 is 39.7 Å². The van der Waals surface area contributed by atoms with Gasteiger partial charge in [-0.1, -0.05) is 11.6 Å². The summed E-state index contributed by atoms with van der Waals surface area (Å²) in [5, 5.41) is 3.71. The highest BCUT2D eigenvalue weighted by atomic mass is 79.9. The number of benzene rings is 1. The summed E-state index contributed by atoms with van der Waals surface area (Å²) in [6.07, 6.45) is 0. The summed E-state index contributed by atoms with van der Waals surface area (Å²) < 4.78 is 0.861. The van der Waals surface area contributed by atoms with Crippen LogP contribution in [0.15, 0.2) is 16.6 Å². The minimum Gasteiger partial charge on any atom is -0.376 e. The molecular weight excluding hydrogens is 272 g/mol. The Balaban J connectivity index is 3.08. The monoisotopic (exact) mass is 278 g/mol. The standard InChI is InChI=1S/C8H8BrClN2S/c1-4-2-5(9)6(10)3-7(4)12-8(11)13/h2-3H,1H3,(H3,11,12,13). The van der Waals surface area contributed by atoms with Crippen LogP contribution in [0, 0.1) is 6.92 Å². The van der Waals surface area contributed by atoms with Crippen LogP contribution in [0.4, 0.5) is 5.69 Å². The molecule has 0 aliphatic rings. The Morgan fingerprint density at radius 3 is 2.77 bits per heavy atom. The predicted octanol–water partition coefficient (Wildman–Crippen LogP) is 3.07. The van der Waals surface area contributed by atoms with E-state index < -0.39 is 0 Å². The molecule has 0 aromatic heterocycles. The molecule has 0 aliphatic carbocycles. The Labute approximate surface area is 95.6 Å². The summed E-state index contributed by atoms with van der Waals surface area (Å²) in [6, 6.07) is 3.68. The number of nitrogens with two attached hydrogens (primary N) is 1. The van der Waals surface area contributed by atoms with E-state index in [1.165, 1.54) is 0 Å². The molecule has 0 fully saturated rings. The normalized spacial score (nSPS) is 9.77. The molecule has 0 saturated heterocycles. The van der Waals surface area contributed by atoms with E-state index in [0.717, 1.165) is 15.7 Å². The molecule has 1 aromatic rings. The number of hydrogen-bond acceptors (Lipinski definition) is 1. The number of aryl methyl sites for hydroxylation is 1. The Kier molecular flexibility index (Phi) is 3.53. The molecule has 0 spiro atoms. The minimum atomic E-state index is 0.237. The van der Waals surface area contributed by atoms with Crippen molar-refractivity contribution in [1.29, 1.82) is 0 Å². The maximum atomic E-state index is 5.90. The quantitative estimate of drug-likeness (QED) is 0.776. The second-order valence-electron chi connectivity index (χ2n) is 2.57. The van der Waals surface area contributed by atoms with E-state index in [0.29, 0.717) is 5.02 Å². The lowest BCUT2D eigenvalue weighted by atomic mass is 10.2. The van der Waals surface area contributed by atoms with Crippen LogP contribution < -0.4 is 11.1 Å². The molecule has 70 valence electrons. The van der Waals surface area contributed by atoms with Gasteiger partial charge >= 0.3 is 0 Å². The van der Waals surface area contributed by atoms with Gasteiger partial charge in [-0.05, 0) is 52.8 Å². The summed E-state index contributed by atoms with van der Waals surface area (Å²) in [5.74, 6) is 0. The molecule has 1 aromatic carbocycles. The Morgan fingerprint density at radius 2 is 2.23 bits per heavy atom. The fraction of sp³-hybridized carbons (Fsp3) is 0.125. The van der Waals surface area contributed by atoms with E-state index in [1.807, 2.05) is 13.0 Å². The first-order valence-corrected chi connectivity index (χ1v) is 5.10.